The first-order chi connectivity index (χ1) is 14.2. The normalized spacial score (nSPS) is 16.6. The Labute approximate surface area is 179 Å². The molecule has 1 fully saturated rings. The van der Waals surface area contributed by atoms with Crippen LogP contribution in [-0.2, 0) is 18.3 Å². The minimum absolute atomic E-state index is 0.122. The molecule has 1 amide bonds. The highest BCUT2D eigenvalue weighted by atomic mass is 16.5. The first kappa shape index (κ1) is 22.1. The number of aromatic nitrogens is 2. The van der Waals surface area contributed by atoms with Gasteiger partial charge in [0.25, 0.3) is 0 Å². The second-order valence-electron chi connectivity index (χ2n) is 8.46. The van der Waals surface area contributed by atoms with E-state index in [9.17, 15) is 9.59 Å². The molecule has 1 aromatic carbocycles. The number of hydrogen-bond donors (Lipinski definition) is 0. The number of carbonyl (C=O) groups excluding carboxylic acids is 2. The number of likely N-dealkylation sites (tertiary alicyclic amines) is 1. The zero-order chi connectivity index (χ0) is 22.0. The molecule has 6 heteroatoms. The lowest BCUT2D eigenvalue weighted by atomic mass is 9.88. The Bertz CT molecular complexity index is 938. The molecule has 1 saturated heterocycles. The summed E-state index contributed by atoms with van der Waals surface area (Å²) in [5, 5.41) is 4.43. The van der Waals surface area contributed by atoms with Gasteiger partial charge in [-0.05, 0) is 75.8 Å². The van der Waals surface area contributed by atoms with Crippen molar-refractivity contribution in [2.75, 3.05) is 20.2 Å². The lowest BCUT2D eigenvalue weighted by molar-refractivity contribution is -0.132. The summed E-state index contributed by atoms with van der Waals surface area (Å²) in [5.41, 5.74) is 5.89. The van der Waals surface area contributed by atoms with Crippen LogP contribution in [0, 0.1) is 33.6 Å². The third-order valence-corrected chi connectivity index (χ3v) is 6.34. The van der Waals surface area contributed by atoms with Crippen LogP contribution in [0.2, 0.25) is 0 Å². The van der Waals surface area contributed by atoms with E-state index in [0.29, 0.717) is 24.9 Å². The third kappa shape index (κ3) is 4.42. The number of amides is 1. The fraction of sp³-hybridized carbons (Fsp3) is 0.542. The molecule has 30 heavy (non-hydrogen) atoms. The van der Waals surface area contributed by atoms with Gasteiger partial charge in [0, 0.05) is 43.7 Å². The summed E-state index contributed by atoms with van der Waals surface area (Å²) in [7, 11) is 3.58. The van der Waals surface area contributed by atoms with Gasteiger partial charge in [0.05, 0.1) is 12.8 Å². The van der Waals surface area contributed by atoms with E-state index in [-0.39, 0.29) is 17.6 Å². The molecule has 6 nitrogen and oxygen atoms in total. The average molecular weight is 412 g/mol. The van der Waals surface area contributed by atoms with Crippen LogP contribution >= 0.6 is 0 Å². The summed E-state index contributed by atoms with van der Waals surface area (Å²) in [6, 6.07) is 3.81. The van der Waals surface area contributed by atoms with Crippen LogP contribution in [-0.4, -0.2) is 46.6 Å². The van der Waals surface area contributed by atoms with E-state index in [1.165, 1.54) is 0 Å². The fourth-order valence-corrected chi connectivity index (χ4v) is 4.64. The Kier molecular flexibility index (Phi) is 6.64. The SMILES string of the molecule is COc1c(C)cc(C(=O)[C@H]2CCCN(C(=O)CCc3c(C)nn(C)c3C)C2)cc1C. The van der Waals surface area contributed by atoms with Gasteiger partial charge in [-0.1, -0.05) is 0 Å². The molecule has 1 atom stereocenters. The molecule has 0 N–H and O–H groups in total. The highest BCUT2D eigenvalue weighted by Crippen LogP contribution is 2.28. The van der Waals surface area contributed by atoms with Crippen molar-refractivity contribution in [2.24, 2.45) is 13.0 Å². The Morgan fingerprint density at radius 1 is 1.17 bits per heavy atom. The van der Waals surface area contributed by atoms with Gasteiger partial charge in [-0.3, -0.25) is 14.3 Å². The van der Waals surface area contributed by atoms with Crippen LogP contribution in [0.4, 0.5) is 0 Å². The molecule has 0 unspecified atom stereocenters. The molecule has 1 aromatic heterocycles. The monoisotopic (exact) mass is 411 g/mol. The molecule has 1 aliphatic heterocycles. The lowest BCUT2D eigenvalue weighted by Crippen LogP contribution is -2.42. The number of piperidine rings is 1. The van der Waals surface area contributed by atoms with Crippen molar-refractivity contribution in [3.8, 4) is 5.75 Å². The molecule has 162 valence electrons. The summed E-state index contributed by atoms with van der Waals surface area (Å²) in [5.74, 6) is 0.933. The molecular formula is C24H33N3O3. The molecular weight excluding hydrogens is 378 g/mol. The minimum atomic E-state index is -0.142. The van der Waals surface area contributed by atoms with Gasteiger partial charge >= 0.3 is 0 Å². The fourth-order valence-electron chi connectivity index (χ4n) is 4.64. The van der Waals surface area contributed by atoms with Gasteiger partial charge in [0.15, 0.2) is 5.78 Å². The average Bonchev–Trinajstić information content (AvgIpc) is 2.96. The van der Waals surface area contributed by atoms with Crippen molar-refractivity contribution in [3.05, 3.63) is 45.8 Å². The van der Waals surface area contributed by atoms with Crippen LogP contribution in [0.1, 0.15) is 57.7 Å². The van der Waals surface area contributed by atoms with Crippen LogP contribution < -0.4 is 4.74 Å². The predicted octanol–water partition coefficient (Wildman–Crippen LogP) is 3.72. The molecule has 3 rings (SSSR count). The van der Waals surface area contributed by atoms with Gasteiger partial charge in [-0.25, -0.2) is 0 Å². The highest BCUT2D eigenvalue weighted by Gasteiger charge is 2.29. The second-order valence-corrected chi connectivity index (χ2v) is 8.46. The number of carbonyl (C=O) groups is 2. The number of ether oxygens (including phenoxy) is 1. The smallest absolute Gasteiger partial charge is 0.222 e. The molecule has 0 aliphatic carbocycles. The van der Waals surface area contributed by atoms with E-state index in [1.54, 1.807) is 7.11 Å². The highest BCUT2D eigenvalue weighted by molar-refractivity contribution is 5.99. The van der Waals surface area contributed by atoms with Crippen molar-refractivity contribution in [1.29, 1.82) is 0 Å². The molecule has 0 radical (unpaired) electrons. The largest absolute Gasteiger partial charge is 0.496 e. The minimum Gasteiger partial charge on any atom is -0.496 e. The van der Waals surface area contributed by atoms with Crippen molar-refractivity contribution in [1.82, 2.24) is 14.7 Å². The van der Waals surface area contributed by atoms with Crippen molar-refractivity contribution in [2.45, 2.75) is 53.4 Å². The Morgan fingerprint density at radius 3 is 2.40 bits per heavy atom. The van der Waals surface area contributed by atoms with E-state index in [2.05, 4.69) is 5.10 Å². The van der Waals surface area contributed by atoms with Gasteiger partial charge in [-0.15, -0.1) is 0 Å². The lowest BCUT2D eigenvalue weighted by Gasteiger charge is -2.32. The zero-order valence-electron chi connectivity index (χ0n) is 19.0. The molecule has 0 saturated carbocycles. The number of aryl methyl sites for hydroxylation is 4. The van der Waals surface area contributed by atoms with Crippen LogP contribution in [0.25, 0.3) is 0 Å². The Balaban J connectivity index is 1.66. The first-order valence-electron chi connectivity index (χ1n) is 10.7. The van der Waals surface area contributed by atoms with Crippen molar-refractivity contribution >= 4 is 11.7 Å². The van der Waals surface area contributed by atoms with E-state index in [0.717, 1.165) is 53.2 Å². The van der Waals surface area contributed by atoms with Gasteiger partial charge < -0.3 is 9.64 Å². The topological polar surface area (TPSA) is 64.4 Å². The zero-order valence-corrected chi connectivity index (χ0v) is 19.0. The van der Waals surface area contributed by atoms with E-state index < -0.39 is 0 Å². The number of ketones is 1. The number of hydrogen-bond acceptors (Lipinski definition) is 4. The van der Waals surface area contributed by atoms with Gasteiger partial charge in [0.1, 0.15) is 5.75 Å². The predicted molar refractivity (Wildman–Crippen MR) is 117 cm³/mol. The van der Waals surface area contributed by atoms with E-state index in [1.807, 2.05) is 56.5 Å². The number of Topliss-reactive ketones (excluding diaryl/α,β-unsaturated/α-hetero) is 1. The number of benzene rings is 1. The van der Waals surface area contributed by atoms with E-state index >= 15 is 0 Å². The molecule has 2 heterocycles. The van der Waals surface area contributed by atoms with Crippen LogP contribution in [0.3, 0.4) is 0 Å². The van der Waals surface area contributed by atoms with Crippen LogP contribution in [0.5, 0.6) is 5.75 Å². The Morgan fingerprint density at radius 2 is 1.83 bits per heavy atom. The quantitative estimate of drug-likeness (QED) is 0.680. The number of nitrogens with zero attached hydrogens (tertiary/aromatic N) is 3. The molecule has 0 spiro atoms. The molecule has 2 aromatic rings. The van der Waals surface area contributed by atoms with E-state index in [4.69, 9.17) is 4.74 Å². The van der Waals surface area contributed by atoms with Gasteiger partial charge in [-0.2, -0.15) is 5.10 Å². The first-order valence-corrected chi connectivity index (χ1v) is 10.7. The van der Waals surface area contributed by atoms with Crippen LogP contribution in [0.15, 0.2) is 12.1 Å². The maximum absolute atomic E-state index is 13.2. The maximum atomic E-state index is 13.2. The third-order valence-electron chi connectivity index (χ3n) is 6.34. The summed E-state index contributed by atoms with van der Waals surface area (Å²) in [6.45, 7) is 9.18. The molecule has 0 bridgehead atoms. The summed E-state index contributed by atoms with van der Waals surface area (Å²) < 4.78 is 7.28. The number of rotatable bonds is 6. The second kappa shape index (κ2) is 9.02. The standard InChI is InChI=1S/C24H33N3O3/c1-15-12-20(13-16(2)24(15)30-6)23(29)19-8-7-11-27(14-19)22(28)10-9-21-17(3)25-26(5)18(21)4/h12-13,19H,7-11,14H2,1-6H3/t19-/m0/s1. The van der Waals surface area contributed by atoms with Crippen molar-refractivity contribution < 1.29 is 14.3 Å². The van der Waals surface area contributed by atoms with Crippen molar-refractivity contribution in [3.63, 3.8) is 0 Å². The Hall–Kier alpha value is -2.63. The summed E-state index contributed by atoms with van der Waals surface area (Å²) in [4.78, 5) is 27.9. The molecule has 1 aliphatic rings. The summed E-state index contributed by atoms with van der Waals surface area (Å²) in [6.07, 6.45) is 2.83. The number of methoxy groups -OCH3 is 1. The van der Waals surface area contributed by atoms with Gasteiger partial charge in [0.2, 0.25) is 5.91 Å². The summed E-state index contributed by atoms with van der Waals surface area (Å²) >= 11 is 0. The maximum Gasteiger partial charge on any atom is 0.222 e.